The van der Waals surface area contributed by atoms with Gasteiger partial charge in [-0.05, 0) is 20.8 Å². The zero-order chi connectivity index (χ0) is 15.5. The topological polar surface area (TPSA) is 94.9 Å². The molecule has 0 aromatic carbocycles. The highest BCUT2D eigenvalue weighted by Crippen LogP contribution is 2.47. The first-order chi connectivity index (χ1) is 10.1. The Balaban J connectivity index is 2.63. The van der Waals surface area contributed by atoms with Gasteiger partial charge in [0.15, 0.2) is 5.65 Å². The van der Waals surface area contributed by atoms with Crippen molar-refractivity contribution in [3.05, 3.63) is 22.6 Å². The van der Waals surface area contributed by atoms with Crippen molar-refractivity contribution in [3.8, 4) is 5.88 Å². The summed E-state index contributed by atoms with van der Waals surface area (Å²) in [5.41, 5.74) is -0.189. The van der Waals surface area contributed by atoms with Crippen molar-refractivity contribution >= 4 is 18.5 Å². The Bertz CT molecular complexity index is 713. The smallest absolute Gasteiger partial charge is 0.366 e. The molecule has 0 radical (unpaired) electrons. The van der Waals surface area contributed by atoms with Crippen LogP contribution in [0.5, 0.6) is 5.88 Å². The van der Waals surface area contributed by atoms with Crippen LogP contribution in [-0.4, -0.2) is 34.4 Å². The average molecular weight is 315 g/mol. The van der Waals surface area contributed by atoms with E-state index in [1.807, 2.05) is 0 Å². The van der Waals surface area contributed by atoms with Crippen LogP contribution in [0.15, 0.2) is 17.1 Å². The molecular weight excluding hydrogens is 297 g/mol. The second-order valence-corrected chi connectivity index (χ2v) is 6.01. The van der Waals surface area contributed by atoms with Crippen molar-refractivity contribution < 1.29 is 18.3 Å². The fourth-order valence-corrected chi connectivity index (χ4v) is 3.53. The third-order valence-corrected chi connectivity index (χ3v) is 4.76. The molecule has 0 aliphatic carbocycles. The maximum Gasteiger partial charge on any atom is 0.366 e. The Hall–Kier alpha value is -1.63. The molecule has 1 N–H and O–H groups in total. The van der Waals surface area contributed by atoms with Crippen LogP contribution in [0.1, 0.15) is 20.8 Å². The van der Waals surface area contributed by atoms with Crippen LogP contribution < -0.4 is 15.6 Å². The fraction of sp³-hybridized carbons (Fsp3) is 0.500. The minimum Gasteiger partial charge on any atom is -0.478 e. The molecule has 0 atom stereocenters. The Labute approximate surface area is 121 Å². The maximum absolute atomic E-state index is 12.8. The molecule has 2 aromatic rings. The summed E-state index contributed by atoms with van der Waals surface area (Å²) in [4.78, 5) is 16.2. The third-order valence-electron chi connectivity index (χ3n) is 2.64. The van der Waals surface area contributed by atoms with Gasteiger partial charge in [-0.25, -0.2) is 4.52 Å². The second kappa shape index (κ2) is 6.43. The summed E-state index contributed by atoms with van der Waals surface area (Å²) >= 11 is 0. The molecule has 2 heterocycles. The number of aromatic nitrogens is 3. The zero-order valence-corrected chi connectivity index (χ0v) is 13.1. The third kappa shape index (κ3) is 3.02. The van der Waals surface area contributed by atoms with Gasteiger partial charge in [-0.1, -0.05) is 0 Å². The summed E-state index contributed by atoms with van der Waals surface area (Å²) in [5, 5.41) is 2.91. The highest BCUT2D eigenvalue weighted by atomic mass is 31.2. The Morgan fingerprint density at radius 2 is 1.90 bits per heavy atom. The van der Waals surface area contributed by atoms with Crippen LogP contribution in [0.25, 0.3) is 5.65 Å². The van der Waals surface area contributed by atoms with Crippen molar-refractivity contribution in [2.75, 3.05) is 19.8 Å². The molecule has 0 aliphatic heterocycles. The van der Waals surface area contributed by atoms with Gasteiger partial charge in [-0.3, -0.25) is 14.5 Å². The number of nitrogens with one attached hydrogen (secondary N) is 1. The van der Waals surface area contributed by atoms with E-state index in [-0.39, 0.29) is 35.6 Å². The number of aromatic amines is 1. The first kappa shape index (κ1) is 15.8. The quantitative estimate of drug-likeness (QED) is 0.774. The van der Waals surface area contributed by atoms with Crippen LogP contribution in [0.2, 0.25) is 0 Å². The first-order valence-electron chi connectivity index (χ1n) is 6.69. The minimum atomic E-state index is -3.54. The first-order valence-corrected chi connectivity index (χ1v) is 8.23. The van der Waals surface area contributed by atoms with Gasteiger partial charge in [0, 0.05) is 6.20 Å². The van der Waals surface area contributed by atoms with E-state index in [0.717, 1.165) is 0 Å². The summed E-state index contributed by atoms with van der Waals surface area (Å²) in [7, 11) is -3.54. The molecule has 2 aromatic heterocycles. The Kier molecular flexibility index (Phi) is 4.82. The predicted molar refractivity (Wildman–Crippen MR) is 77.5 cm³/mol. The van der Waals surface area contributed by atoms with E-state index in [9.17, 15) is 9.36 Å². The number of hydrogen-bond acceptors (Lipinski definition) is 6. The molecule has 8 nitrogen and oxygen atoms in total. The molecule has 2 rings (SSSR count). The molecular formula is C12H18N3O5P. The van der Waals surface area contributed by atoms with E-state index >= 15 is 0 Å². The van der Waals surface area contributed by atoms with E-state index in [4.69, 9.17) is 13.8 Å². The van der Waals surface area contributed by atoms with Gasteiger partial charge in [0.1, 0.15) is 5.30 Å². The normalized spacial score (nSPS) is 12.0. The fourth-order valence-electron chi connectivity index (χ4n) is 1.89. The number of nitrogens with zero attached hydrogens (tertiary/aromatic N) is 2. The van der Waals surface area contributed by atoms with Crippen molar-refractivity contribution in [1.82, 2.24) is 14.6 Å². The average Bonchev–Trinajstić information content (AvgIpc) is 2.84. The lowest BCUT2D eigenvalue weighted by atomic mass is 10.5. The van der Waals surface area contributed by atoms with Crippen LogP contribution in [-0.2, 0) is 13.6 Å². The van der Waals surface area contributed by atoms with E-state index in [1.54, 1.807) is 20.8 Å². The van der Waals surface area contributed by atoms with Gasteiger partial charge < -0.3 is 13.8 Å². The lowest BCUT2D eigenvalue weighted by Gasteiger charge is -2.15. The second-order valence-electron chi connectivity index (χ2n) is 4.02. The molecule has 0 saturated heterocycles. The Morgan fingerprint density at radius 3 is 2.48 bits per heavy atom. The summed E-state index contributed by atoms with van der Waals surface area (Å²) in [5.74, 6) is 0.169. The van der Waals surface area contributed by atoms with E-state index in [1.165, 1.54) is 16.8 Å². The number of rotatable bonds is 7. The molecule has 116 valence electrons. The van der Waals surface area contributed by atoms with Gasteiger partial charge in [0.05, 0.1) is 25.9 Å². The predicted octanol–water partition coefficient (Wildman–Crippen LogP) is 1.31. The summed E-state index contributed by atoms with van der Waals surface area (Å²) < 4.78 is 29.8. The van der Waals surface area contributed by atoms with E-state index in [0.29, 0.717) is 6.61 Å². The zero-order valence-electron chi connectivity index (χ0n) is 12.2. The summed E-state index contributed by atoms with van der Waals surface area (Å²) in [6.45, 7) is 6.01. The highest BCUT2D eigenvalue weighted by Gasteiger charge is 2.31. The molecule has 0 spiro atoms. The molecule has 9 heteroatoms. The molecule has 21 heavy (non-hydrogen) atoms. The lowest BCUT2D eigenvalue weighted by Crippen LogP contribution is -2.18. The molecule has 0 fully saturated rings. The number of ether oxygens (including phenoxy) is 1. The van der Waals surface area contributed by atoms with Crippen LogP contribution in [0.4, 0.5) is 0 Å². The van der Waals surface area contributed by atoms with Crippen molar-refractivity contribution in [2.24, 2.45) is 0 Å². The summed E-state index contributed by atoms with van der Waals surface area (Å²) in [6, 6.07) is 1.25. The van der Waals surface area contributed by atoms with Crippen molar-refractivity contribution in [3.63, 3.8) is 0 Å². The molecule has 0 bridgehead atoms. The lowest BCUT2D eigenvalue weighted by molar-refractivity contribution is 0.230. The summed E-state index contributed by atoms with van der Waals surface area (Å²) in [6.07, 6.45) is 1.41. The van der Waals surface area contributed by atoms with Crippen molar-refractivity contribution in [2.45, 2.75) is 20.8 Å². The monoisotopic (exact) mass is 315 g/mol. The van der Waals surface area contributed by atoms with Crippen LogP contribution in [0, 0.1) is 0 Å². The van der Waals surface area contributed by atoms with Crippen molar-refractivity contribution in [1.29, 1.82) is 0 Å². The van der Waals surface area contributed by atoms with Gasteiger partial charge in [0.2, 0.25) is 5.88 Å². The van der Waals surface area contributed by atoms with Gasteiger partial charge in [-0.15, -0.1) is 0 Å². The SMILES string of the molecule is CCOc1cc(=O)n2[nH]cc(P(=O)(OCC)OCC)c2n1. The maximum atomic E-state index is 12.8. The van der Waals surface area contributed by atoms with Crippen LogP contribution >= 0.6 is 7.60 Å². The molecule has 0 aliphatic rings. The Morgan fingerprint density at radius 1 is 1.24 bits per heavy atom. The number of hydrogen-bond donors (Lipinski definition) is 1. The number of fused-ring (bicyclic) bond motifs is 1. The highest BCUT2D eigenvalue weighted by molar-refractivity contribution is 7.62. The minimum absolute atomic E-state index is 0.169. The van der Waals surface area contributed by atoms with Gasteiger partial charge >= 0.3 is 7.60 Å². The van der Waals surface area contributed by atoms with E-state index < -0.39 is 7.60 Å². The number of H-pyrrole nitrogens is 1. The molecule has 0 amide bonds. The van der Waals surface area contributed by atoms with Gasteiger partial charge in [0.25, 0.3) is 5.56 Å². The molecule has 0 saturated carbocycles. The largest absolute Gasteiger partial charge is 0.478 e. The molecule has 0 unspecified atom stereocenters. The van der Waals surface area contributed by atoms with Crippen LogP contribution in [0.3, 0.4) is 0 Å². The van der Waals surface area contributed by atoms with Gasteiger partial charge in [-0.2, -0.15) is 4.98 Å². The standard InChI is InChI=1S/C12H18N3O5P/c1-4-18-10-7-11(16)15-12(14-10)9(8-13-15)21(17,19-5-2)20-6-3/h7-8,13H,4-6H2,1-3H3. The van der Waals surface area contributed by atoms with E-state index in [2.05, 4.69) is 10.1 Å².